The smallest absolute Gasteiger partial charge is 0.123 e. The zero-order valence-corrected chi connectivity index (χ0v) is 11.2. The summed E-state index contributed by atoms with van der Waals surface area (Å²) in [6.45, 7) is 1.92. The van der Waals surface area contributed by atoms with E-state index in [0.717, 1.165) is 11.3 Å². The van der Waals surface area contributed by atoms with Crippen molar-refractivity contribution in [2.75, 3.05) is 13.7 Å². The fourth-order valence-electron chi connectivity index (χ4n) is 1.80. The molecular formula is C16H18O3. The van der Waals surface area contributed by atoms with Crippen molar-refractivity contribution in [1.82, 2.24) is 0 Å². The summed E-state index contributed by atoms with van der Waals surface area (Å²) in [5.41, 5.74) is -0.192. The average molecular weight is 258 g/mol. The predicted molar refractivity (Wildman–Crippen MR) is 74.5 cm³/mol. The van der Waals surface area contributed by atoms with Crippen LogP contribution in [0.4, 0.5) is 0 Å². The van der Waals surface area contributed by atoms with Crippen LogP contribution in [0, 0.1) is 0 Å². The van der Waals surface area contributed by atoms with Crippen LogP contribution in [0.5, 0.6) is 11.5 Å². The van der Waals surface area contributed by atoms with Gasteiger partial charge in [-0.15, -0.1) is 0 Å². The van der Waals surface area contributed by atoms with Crippen molar-refractivity contribution >= 4 is 0 Å². The van der Waals surface area contributed by atoms with Gasteiger partial charge in [-0.1, -0.05) is 36.4 Å². The number of hydrogen-bond donors (Lipinski definition) is 1. The summed E-state index contributed by atoms with van der Waals surface area (Å²) in [5.74, 6) is 1.41. The maximum absolute atomic E-state index is 10.4. The molecule has 3 nitrogen and oxygen atoms in total. The van der Waals surface area contributed by atoms with Crippen molar-refractivity contribution in [2.45, 2.75) is 12.5 Å². The Morgan fingerprint density at radius 3 is 2.37 bits per heavy atom. The fraction of sp³-hybridized carbons (Fsp3) is 0.250. The number of rotatable bonds is 5. The van der Waals surface area contributed by atoms with E-state index < -0.39 is 5.60 Å². The molecule has 2 rings (SSSR count). The average Bonchev–Trinajstić information content (AvgIpc) is 2.46. The van der Waals surface area contributed by atoms with Gasteiger partial charge in [0.25, 0.3) is 0 Å². The van der Waals surface area contributed by atoms with Gasteiger partial charge in [0.15, 0.2) is 0 Å². The molecule has 3 heteroatoms. The van der Waals surface area contributed by atoms with Gasteiger partial charge in [-0.05, 0) is 24.6 Å². The van der Waals surface area contributed by atoms with Crippen LogP contribution in [0.2, 0.25) is 0 Å². The highest BCUT2D eigenvalue weighted by atomic mass is 16.5. The van der Waals surface area contributed by atoms with Gasteiger partial charge < -0.3 is 14.6 Å². The van der Waals surface area contributed by atoms with Gasteiger partial charge >= 0.3 is 0 Å². The Morgan fingerprint density at radius 1 is 1.00 bits per heavy atom. The van der Waals surface area contributed by atoms with Gasteiger partial charge in [0.2, 0.25) is 0 Å². The third-order valence-electron chi connectivity index (χ3n) is 2.96. The van der Waals surface area contributed by atoms with Crippen molar-refractivity contribution < 1.29 is 14.6 Å². The fourth-order valence-corrected chi connectivity index (χ4v) is 1.80. The molecule has 1 N–H and O–H groups in total. The molecule has 100 valence electrons. The molecule has 1 atom stereocenters. The highest BCUT2D eigenvalue weighted by molar-refractivity contribution is 5.33. The van der Waals surface area contributed by atoms with Gasteiger partial charge in [-0.3, -0.25) is 0 Å². The summed E-state index contributed by atoms with van der Waals surface area (Å²) in [5, 5.41) is 10.4. The first-order valence-corrected chi connectivity index (χ1v) is 6.16. The van der Waals surface area contributed by atoms with Crippen molar-refractivity contribution in [3.05, 3.63) is 60.2 Å². The van der Waals surface area contributed by atoms with Crippen LogP contribution in [0.1, 0.15) is 12.5 Å². The molecule has 0 aliphatic carbocycles. The van der Waals surface area contributed by atoms with E-state index >= 15 is 0 Å². The monoisotopic (exact) mass is 258 g/mol. The largest absolute Gasteiger partial charge is 0.497 e. The number of benzene rings is 2. The molecule has 2 aromatic carbocycles. The molecule has 0 aliphatic rings. The summed E-state index contributed by atoms with van der Waals surface area (Å²) in [6, 6.07) is 16.8. The number of hydrogen-bond acceptors (Lipinski definition) is 3. The molecule has 0 saturated carbocycles. The van der Waals surface area contributed by atoms with Gasteiger partial charge in [-0.25, -0.2) is 0 Å². The molecule has 2 aromatic rings. The Bertz CT molecular complexity index is 521. The van der Waals surface area contributed by atoms with Crippen molar-refractivity contribution in [1.29, 1.82) is 0 Å². The van der Waals surface area contributed by atoms with Crippen LogP contribution in [-0.4, -0.2) is 18.8 Å². The van der Waals surface area contributed by atoms with E-state index in [1.807, 2.05) is 48.5 Å². The van der Waals surface area contributed by atoms with E-state index in [4.69, 9.17) is 9.47 Å². The van der Waals surface area contributed by atoms with Crippen LogP contribution in [-0.2, 0) is 5.60 Å². The Balaban J connectivity index is 2.05. The van der Waals surface area contributed by atoms with Gasteiger partial charge in [-0.2, -0.15) is 0 Å². The second-order valence-electron chi connectivity index (χ2n) is 4.61. The Morgan fingerprint density at radius 2 is 1.68 bits per heavy atom. The lowest BCUT2D eigenvalue weighted by Crippen LogP contribution is -2.29. The second kappa shape index (κ2) is 5.76. The van der Waals surface area contributed by atoms with E-state index in [-0.39, 0.29) is 6.61 Å². The lowest BCUT2D eigenvalue weighted by Gasteiger charge is -2.24. The maximum atomic E-state index is 10.4. The van der Waals surface area contributed by atoms with Crippen molar-refractivity contribution in [3.63, 3.8) is 0 Å². The molecule has 0 radical (unpaired) electrons. The summed E-state index contributed by atoms with van der Waals surface area (Å²) < 4.78 is 10.8. The first-order valence-electron chi connectivity index (χ1n) is 6.16. The van der Waals surface area contributed by atoms with Gasteiger partial charge in [0.1, 0.15) is 23.7 Å². The van der Waals surface area contributed by atoms with E-state index in [9.17, 15) is 5.11 Å². The summed E-state index contributed by atoms with van der Waals surface area (Å²) in [7, 11) is 1.61. The van der Waals surface area contributed by atoms with Crippen LogP contribution < -0.4 is 9.47 Å². The number of ether oxygens (including phenoxy) is 2. The van der Waals surface area contributed by atoms with Gasteiger partial charge in [0.05, 0.1) is 7.11 Å². The summed E-state index contributed by atoms with van der Waals surface area (Å²) in [6.07, 6.45) is 0. The maximum Gasteiger partial charge on any atom is 0.123 e. The molecule has 19 heavy (non-hydrogen) atoms. The molecule has 0 heterocycles. The zero-order chi connectivity index (χ0) is 13.7. The van der Waals surface area contributed by atoms with Crippen LogP contribution in [0.25, 0.3) is 0 Å². The van der Waals surface area contributed by atoms with E-state index in [1.54, 1.807) is 20.1 Å². The standard InChI is InChI=1S/C16H18O3/c1-16(17,13-7-4-3-5-8-13)12-19-15-10-6-9-14(11-15)18-2/h3-11,17H,12H2,1-2H3. The molecule has 0 amide bonds. The third kappa shape index (κ3) is 3.48. The lowest BCUT2D eigenvalue weighted by molar-refractivity contribution is 0.00753. The highest BCUT2D eigenvalue weighted by Gasteiger charge is 2.23. The summed E-state index contributed by atoms with van der Waals surface area (Å²) >= 11 is 0. The first kappa shape index (κ1) is 13.4. The molecule has 0 saturated heterocycles. The minimum absolute atomic E-state index is 0.185. The van der Waals surface area contributed by atoms with E-state index in [2.05, 4.69) is 0 Å². The molecule has 0 bridgehead atoms. The van der Waals surface area contributed by atoms with Crippen LogP contribution in [0.15, 0.2) is 54.6 Å². The van der Waals surface area contributed by atoms with E-state index in [0.29, 0.717) is 5.75 Å². The molecule has 0 aromatic heterocycles. The molecular weight excluding hydrogens is 240 g/mol. The highest BCUT2D eigenvalue weighted by Crippen LogP contribution is 2.24. The molecule has 0 fully saturated rings. The Hall–Kier alpha value is -2.00. The molecule has 1 unspecified atom stereocenters. The number of aliphatic hydroxyl groups is 1. The Labute approximate surface area is 113 Å². The van der Waals surface area contributed by atoms with Crippen LogP contribution >= 0.6 is 0 Å². The SMILES string of the molecule is COc1cccc(OCC(C)(O)c2ccccc2)c1. The van der Waals surface area contributed by atoms with Gasteiger partial charge in [0, 0.05) is 6.07 Å². The molecule has 0 spiro atoms. The topological polar surface area (TPSA) is 38.7 Å². The van der Waals surface area contributed by atoms with Crippen molar-refractivity contribution in [3.8, 4) is 11.5 Å². The molecule has 0 aliphatic heterocycles. The Kier molecular flexibility index (Phi) is 4.07. The minimum Gasteiger partial charge on any atom is -0.497 e. The number of methoxy groups -OCH3 is 1. The summed E-state index contributed by atoms with van der Waals surface area (Å²) in [4.78, 5) is 0. The quantitative estimate of drug-likeness (QED) is 0.896. The van der Waals surface area contributed by atoms with Crippen LogP contribution in [0.3, 0.4) is 0 Å². The normalized spacial score (nSPS) is 13.6. The van der Waals surface area contributed by atoms with E-state index in [1.165, 1.54) is 0 Å². The minimum atomic E-state index is -1.02. The van der Waals surface area contributed by atoms with Crippen molar-refractivity contribution in [2.24, 2.45) is 0 Å². The predicted octanol–water partition coefficient (Wildman–Crippen LogP) is 2.98. The third-order valence-corrected chi connectivity index (χ3v) is 2.96. The zero-order valence-electron chi connectivity index (χ0n) is 11.2. The first-order chi connectivity index (χ1) is 9.12. The second-order valence-corrected chi connectivity index (χ2v) is 4.61. The lowest BCUT2D eigenvalue weighted by atomic mass is 9.97.